The van der Waals surface area contributed by atoms with Crippen LogP contribution in [0.4, 0.5) is 0 Å². The van der Waals surface area contributed by atoms with Crippen LogP contribution in [0.5, 0.6) is 5.75 Å². The monoisotopic (exact) mass is 349 g/mol. The lowest BCUT2D eigenvalue weighted by molar-refractivity contribution is 0.0606. The smallest absolute Gasteiger partial charge is 0.253 e. The van der Waals surface area contributed by atoms with Crippen LogP contribution < -0.4 is 4.74 Å². The summed E-state index contributed by atoms with van der Waals surface area (Å²) in [5, 5.41) is 9.67. The van der Waals surface area contributed by atoms with Gasteiger partial charge in [-0.1, -0.05) is 24.3 Å². The summed E-state index contributed by atoms with van der Waals surface area (Å²) in [4.78, 5) is 16.7. The van der Waals surface area contributed by atoms with E-state index in [-0.39, 0.29) is 11.9 Å². The minimum Gasteiger partial charge on any atom is -0.497 e. The zero-order valence-corrected chi connectivity index (χ0v) is 15.2. The van der Waals surface area contributed by atoms with Gasteiger partial charge in [0, 0.05) is 31.7 Å². The molecule has 0 aromatic heterocycles. The standard InChI is InChI=1S/C21H23N3O2/c1-16-5-3-4-6-19(16)20(15-22)23-11-13-24(14-12-23)21(25)17-7-9-18(26-2)10-8-17/h3-10,20H,11-14H2,1-2H3. The Morgan fingerprint density at radius 1 is 1.08 bits per heavy atom. The van der Waals surface area contributed by atoms with E-state index in [1.807, 2.05) is 36.1 Å². The molecule has 1 fully saturated rings. The van der Waals surface area contributed by atoms with Gasteiger partial charge in [0.25, 0.3) is 5.91 Å². The highest BCUT2D eigenvalue weighted by molar-refractivity contribution is 5.94. The Morgan fingerprint density at radius 2 is 1.73 bits per heavy atom. The van der Waals surface area contributed by atoms with Crippen LogP contribution in [0.25, 0.3) is 0 Å². The van der Waals surface area contributed by atoms with Crippen LogP contribution in [-0.2, 0) is 0 Å². The topological polar surface area (TPSA) is 56.6 Å². The maximum absolute atomic E-state index is 12.7. The van der Waals surface area contributed by atoms with E-state index < -0.39 is 0 Å². The molecular weight excluding hydrogens is 326 g/mol. The van der Waals surface area contributed by atoms with Crippen LogP contribution in [0, 0.1) is 18.3 Å². The lowest BCUT2D eigenvalue weighted by atomic mass is 10.0. The van der Waals surface area contributed by atoms with Gasteiger partial charge in [-0.05, 0) is 42.3 Å². The van der Waals surface area contributed by atoms with Gasteiger partial charge in [0.2, 0.25) is 0 Å². The number of carbonyl (C=O) groups is 1. The number of ether oxygens (including phenoxy) is 1. The lowest BCUT2D eigenvalue weighted by Crippen LogP contribution is -2.49. The van der Waals surface area contributed by atoms with Crippen molar-refractivity contribution >= 4 is 5.91 Å². The molecular formula is C21H23N3O2. The molecule has 5 heteroatoms. The van der Waals surface area contributed by atoms with Crippen molar-refractivity contribution in [2.75, 3.05) is 33.3 Å². The molecule has 2 aromatic rings. The molecule has 0 spiro atoms. The molecule has 1 unspecified atom stereocenters. The van der Waals surface area contributed by atoms with Crippen LogP contribution in [0.15, 0.2) is 48.5 Å². The van der Waals surface area contributed by atoms with Crippen molar-refractivity contribution in [2.24, 2.45) is 0 Å². The largest absolute Gasteiger partial charge is 0.497 e. The quantitative estimate of drug-likeness (QED) is 0.851. The van der Waals surface area contributed by atoms with E-state index >= 15 is 0 Å². The zero-order chi connectivity index (χ0) is 18.5. The third kappa shape index (κ3) is 3.71. The molecule has 2 aromatic carbocycles. The molecule has 1 amide bonds. The van der Waals surface area contributed by atoms with E-state index in [0.717, 1.165) is 16.9 Å². The van der Waals surface area contributed by atoms with Crippen LogP contribution in [-0.4, -0.2) is 49.0 Å². The molecule has 26 heavy (non-hydrogen) atoms. The first-order valence-electron chi connectivity index (χ1n) is 8.76. The Hall–Kier alpha value is -2.84. The van der Waals surface area contributed by atoms with E-state index in [4.69, 9.17) is 4.74 Å². The summed E-state index contributed by atoms with van der Waals surface area (Å²) in [6.07, 6.45) is 0. The molecule has 5 nitrogen and oxygen atoms in total. The molecule has 0 bridgehead atoms. The number of benzene rings is 2. The molecule has 1 aliphatic rings. The summed E-state index contributed by atoms with van der Waals surface area (Å²) >= 11 is 0. The summed E-state index contributed by atoms with van der Waals surface area (Å²) in [5.74, 6) is 0.762. The van der Waals surface area contributed by atoms with Gasteiger partial charge in [-0.3, -0.25) is 9.69 Å². The predicted octanol–water partition coefficient (Wildman–Crippen LogP) is 3.03. The number of piperazine rings is 1. The maximum Gasteiger partial charge on any atom is 0.253 e. The molecule has 0 aliphatic carbocycles. The van der Waals surface area contributed by atoms with Crippen molar-refractivity contribution in [1.29, 1.82) is 5.26 Å². The summed E-state index contributed by atoms with van der Waals surface area (Å²) < 4.78 is 5.14. The van der Waals surface area contributed by atoms with Crippen molar-refractivity contribution < 1.29 is 9.53 Å². The van der Waals surface area contributed by atoms with Crippen molar-refractivity contribution in [3.05, 3.63) is 65.2 Å². The first-order chi connectivity index (χ1) is 12.6. The molecule has 1 atom stereocenters. The second-order valence-corrected chi connectivity index (χ2v) is 6.44. The van der Waals surface area contributed by atoms with E-state index in [2.05, 4.69) is 11.0 Å². The van der Waals surface area contributed by atoms with Gasteiger partial charge in [0.05, 0.1) is 13.2 Å². The van der Waals surface area contributed by atoms with Gasteiger partial charge in [-0.2, -0.15) is 5.26 Å². The van der Waals surface area contributed by atoms with Crippen LogP contribution in [0.2, 0.25) is 0 Å². The average molecular weight is 349 g/mol. The van der Waals surface area contributed by atoms with E-state index in [0.29, 0.717) is 31.7 Å². The highest BCUT2D eigenvalue weighted by Crippen LogP contribution is 2.25. The molecule has 1 saturated heterocycles. The molecule has 0 N–H and O–H groups in total. The number of aryl methyl sites for hydroxylation is 1. The molecule has 0 radical (unpaired) electrons. The highest BCUT2D eigenvalue weighted by Gasteiger charge is 2.28. The molecule has 134 valence electrons. The van der Waals surface area contributed by atoms with Crippen molar-refractivity contribution in [3.8, 4) is 11.8 Å². The minimum absolute atomic E-state index is 0.0247. The van der Waals surface area contributed by atoms with Gasteiger partial charge in [0.15, 0.2) is 0 Å². The Balaban J connectivity index is 1.65. The van der Waals surface area contributed by atoms with Crippen molar-refractivity contribution in [3.63, 3.8) is 0 Å². The van der Waals surface area contributed by atoms with Crippen LogP contribution in [0.3, 0.4) is 0 Å². The normalized spacial score (nSPS) is 16.0. The molecule has 3 rings (SSSR count). The number of carbonyl (C=O) groups excluding carboxylic acids is 1. The van der Waals surface area contributed by atoms with Gasteiger partial charge >= 0.3 is 0 Å². The van der Waals surface area contributed by atoms with Crippen molar-refractivity contribution in [1.82, 2.24) is 9.80 Å². The molecule has 0 saturated carbocycles. The summed E-state index contributed by atoms with van der Waals surface area (Å²) in [7, 11) is 1.61. The van der Waals surface area contributed by atoms with Crippen molar-refractivity contribution in [2.45, 2.75) is 13.0 Å². The number of nitrogens with zero attached hydrogens (tertiary/aromatic N) is 3. The van der Waals surface area contributed by atoms with Gasteiger partial charge in [-0.15, -0.1) is 0 Å². The van der Waals surface area contributed by atoms with E-state index in [1.165, 1.54) is 0 Å². The Bertz CT molecular complexity index is 803. The molecule has 1 heterocycles. The second-order valence-electron chi connectivity index (χ2n) is 6.44. The Morgan fingerprint density at radius 3 is 2.31 bits per heavy atom. The SMILES string of the molecule is COc1ccc(C(=O)N2CCN(C(C#N)c3ccccc3C)CC2)cc1. The average Bonchev–Trinajstić information content (AvgIpc) is 2.70. The first kappa shape index (κ1) is 18.0. The first-order valence-corrected chi connectivity index (χ1v) is 8.76. The minimum atomic E-state index is -0.269. The number of hydrogen-bond acceptors (Lipinski definition) is 4. The van der Waals surface area contributed by atoms with Crippen LogP contribution >= 0.6 is 0 Å². The van der Waals surface area contributed by atoms with E-state index in [1.54, 1.807) is 31.4 Å². The third-order valence-electron chi connectivity index (χ3n) is 4.91. The number of nitriles is 1. The summed E-state index contributed by atoms with van der Waals surface area (Å²) in [6.45, 7) is 4.65. The molecule has 1 aliphatic heterocycles. The zero-order valence-electron chi connectivity index (χ0n) is 15.2. The Kier molecular flexibility index (Phi) is 5.55. The lowest BCUT2D eigenvalue weighted by Gasteiger charge is -2.37. The highest BCUT2D eigenvalue weighted by atomic mass is 16.5. The third-order valence-corrected chi connectivity index (χ3v) is 4.91. The van der Waals surface area contributed by atoms with Gasteiger partial charge in [0.1, 0.15) is 11.8 Å². The maximum atomic E-state index is 12.7. The fourth-order valence-corrected chi connectivity index (χ4v) is 3.34. The fraction of sp³-hybridized carbons (Fsp3) is 0.333. The Labute approximate surface area is 154 Å². The van der Waals surface area contributed by atoms with Crippen LogP contribution in [0.1, 0.15) is 27.5 Å². The number of hydrogen-bond donors (Lipinski definition) is 0. The number of rotatable bonds is 4. The summed E-state index contributed by atoms with van der Waals surface area (Å²) in [6, 6.07) is 17.3. The number of amides is 1. The second kappa shape index (κ2) is 8.03. The number of methoxy groups -OCH3 is 1. The summed E-state index contributed by atoms with van der Waals surface area (Å²) in [5.41, 5.74) is 2.83. The van der Waals surface area contributed by atoms with Gasteiger partial charge < -0.3 is 9.64 Å². The predicted molar refractivity (Wildman–Crippen MR) is 100 cm³/mol. The fourth-order valence-electron chi connectivity index (χ4n) is 3.34. The van der Waals surface area contributed by atoms with E-state index in [9.17, 15) is 10.1 Å². The van der Waals surface area contributed by atoms with Gasteiger partial charge in [-0.25, -0.2) is 0 Å².